The Hall–Kier alpha value is -0.330. The summed E-state index contributed by atoms with van der Waals surface area (Å²) in [5, 5.41) is 5.40. The maximum absolute atomic E-state index is 5.40. The Balaban J connectivity index is 2.82. The van der Waals surface area contributed by atoms with E-state index < -0.39 is 0 Å². The highest BCUT2D eigenvalue weighted by Crippen LogP contribution is 1.91. The quantitative estimate of drug-likeness (QED) is 0.497. The molecule has 0 bridgehead atoms. The van der Waals surface area contributed by atoms with Gasteiger partial charge in [0.2, 0.25) is 0 Å². The van der Waals surface area contributed by atoms with Gasteiger partial charge in [0.15, 0.2) is 0 Å². The molecule has 0 aliphatic carbocycles. The first kappa shape index (κ1) is 6.67. The molecule has 1 heteroatoms. The smallest absolute Gasteiger partial charge is 0.145 e. The van der Waals surface area contributed by atoms with Gasteiger partial charge < -0.3 is 0 Å². The molecule has 0 aromatic heterocycles. The molecule has 0 fully saturated rings. The van der Waals surface area contributed by atoms with Crippen molar-refractivity contribution in [3.05, 3.63) is 0 Å². The molecule has 42 valence electrons. The van der Waals surface area contributed by atoms with E-state index in [2.05, 4.69) is 6.92 Å². The molecule has 0 aliphatic heterocycles. The van der Waals surface area contributed by atoms with E-state index >= 15 is 0 Å². The van der Waals surface area contributed by atoms with E-state index in [1.807, 2.05) is 6.92 Å². The van der Waals surface area contributed by atoms with Crippen LogP contribution < -0.4 is 5.41 Å². The van der Waals surface area contributed by atoms with Gasteiger partial charge in [-0.3, -0.25) is 5.41 Å². The second-order valence-electron chi connectivity index (χ2n) is 1.95. The summed E-state index contributed by atoms with van der Waals surface area (Å²) in [5.41, 5.74) is 1.06. The molecule has 0 aliphatic rings. The third-order valence-electron chi connectivity index (χ3n) is 0.925. The van der Waals surface area contributed by atoms with Gasteiger partial charge in [0.25, 0.3) is 0 Å². The van der Waals surface area contributed by atoms with Gasteiger partial charge in [0.05, 0.1) is 0 Å². The second-order valence-corrected chi connectivity index (χ2v) is 1.95. The van der Waals surface area contributed by atoms with Crippen LogP contribution in [0.1, 0.15) is 33.1 Å². The lowest BCUT2D eigenvalue weighted by atomic mass is 10.2. The zero-order valence-corrected chi connectivity index (χ0v) is 5.20. The Kier molecular flexibility index (Phi) is 3.67. The van der Waals surface area contributed by atoms with Crippen LogP contribution in [0.25, 0.3) is 0 Å². The fraction of sp³-hybridized carbons (Fsp3) is 0.833. The normalized spacial score (nSPS) is 8.86. The summed E-state index contributed by atoms with van der Waals surface area (Å²) in [6.07, 6.45) is 3.58. The molecule has 2 N–H and O–H groups in total. The summed E-state index contributed by atoms with van der Waals surface area (Å²) in [6.45, 7) is 4.14. The Labute approximate surface area is 45.2 Å². The molecule has 0 heterocycles. The van der Waals surface area contributed by atoms with E-state index in [1.165, 1.54) is 12.8 Å². The van der Waals surface area contributed by atoms with Gasteiger partial charge in [-0.05, 0) is 6.42 Å². The highest BCUT2D eigenvalue weighted by atomic mass is 14.4. The largest absolute Gasteiger partial charge is 0.262 e. The van der Waals surface area contributed by atoms with E-state index in [1.54, 1.807) is 0 Å². The molecule has 0 aromatic rings. The van der Waals surface area contributed by atoms with Gasteiger partial charge >= 0.3 is 0 Å². The van der Waals surface area contributed by atoms with Gasteiger partial charge in [-0.1, -0.05) is 13.3 Å². The van der Waals surface area contributed by atoms with Crippen LogP contribution in [0, 0.1) is 0 Å². The number of unbranched alkanes of at least 4 members (excludes halogenated alkanes) is 1. The summed E-state index contributed by atoms with van der Waals surface area (Å²) >= 11 is 0. The van der Waals surface area contributed by atoms with Crippen LogP contribution in [0.3, 0.4) is 0 Å². The number of hydrogen-bond donors (Lipinski definition) is 1. The van der Waals surface area contributed by atoms with E-state index in [0.29, 0.717) is 0 Å². The van der Waals surface area contributed by atoms with Crippen LogP contribution in [0.4, 0.5) is 0 Å². The molecule has 0 rings (SSSR count). The minimum absolute atomic E-state index is 1.06. The topological polar surface area (TPSA) is 25.6 Å². The number of nitrogens with two attached hydrogens (primary N) is 1. The minimum Gasteiger partial charge on any atom is -0.262 e. The lowest BCUT2D eigenvalue weighted by Gasteiger charge is -1.85. The maximum atomic E-state index is 5.40. The van der Waals surface area contributed by atoms with E-state index in [4.69, 9.17) is 5.41 Å². The Morgan fingerprint density at radius 2 is 2.14 bits per heavy atom. The lowest BCUT2D eigenvalue weighted by molar-refractivity contribution is -0.117. The minimum atomic E-state index is 1.06. The molecule has 7 heavy (non-hydrogen) atoms. The summed E-state index contributed by atoms with van der Waals surface area (Å²) < 4.78 is 0. The van der Waals surface area contributed by atoms with E-state index in [9.17, 15) is 0 Å². The first-order valence-electron chi connectivity index (χ1n) is 2.85. The predicted molar refractivity (Wildman–Crippen MR) is 32.1 cm³/mol. The fourth-order valence-electron chi connectivity index (χ4n) is 0.456. The van der Waals surface area contributed by atoms with Crippen molar-refractivity contribution >= 4 is 5.71 Å². The highest BCUT2D eigenvalue weighted by Gasteiger charge is 1.88. The van der Waals surface area contributed by atoms with Crippen LogP contribution in [0.15, 0.2) is 0 Å². The molecular weight excluding hydrogens is 86.1 g/mol. The Morgan fingerprint density at radius 1 is 1.57 bits per heavy atom. The second kappa shape index (κ2) is 3.85. The van der Waals surface area contributed by atoms with Crippen LogP contribution in [0.5, 0.6) is 0 Å². The number of hydrogen-bond acceptors (Lipinski definition) is 0. The van der Waals surface area contributed by atoms with Crippen LogP contribution in [-0.2, 0) is 0 Å². The average Bonchev–Trinajstić information content (AvgIpc) is 1.61. The van der Waals surface area contributed by atoms with E-state index in [0.717, 1.165) is 12.1 Å². The molecule has 0 amide bonds. The van der Waals surface area contributed by atoms with Crippen molar-refractivity contribution in [3.8, 4) is 0 Å². The lowest BCUT2D eigenvalue weighted by Crippen LogP contribution is -2.37. The van der Waals surface area contributed by atoms with Gasteiger partial charge in [0, 0.05) is 13.3 Å². The van der Waals surface area contributed by atoms with Crippen molar-refractivity contribution in [2.24, 2.45) is 0 Å². The molecule has 0 aromatic carbocycles. The third-order valence-corrected chi connectivity index (χ3v) is 0.925. The summed E-state index contributed by atoms with van der Waals surface area (Å²) in [6, 6.07) is 0. The Bertz CT molecular complexity index is 57.2. The molecule has 1 nitrogen and oxygen atoms in total. The standard InChI is InChI=1S/C6H13N/c1-3-4-5-6(2)7/h7H,3-5H2,1-2H3/p+1. The average molecular weight is 100 g/mol. The van der Waals surface area contributed by atoms with Crippen molar-refractivity contribution in [2.45, 2.75) is 33.1 Å². The summed E-state index contributed by atoms with van der Waals surface area (Å²) in [7, 11) is 0. The van der Waals surface area contributed by atoms with Crippen molar-refractivity contribution in [1.82, 2.24) is 0 Å². The molecule has 0 spiro atoms. The van der Waals surface area contributed by atoms with Crippen LogP contribution in [0.2, 0.25) is 0 Å². The molecule has 0 saturated carbocycles. The van der Waals surface area contributed by atoms with Crippen LogP contribution >= 0.6 is 0 Å². The fourth-order valence-corrected chi connectivity index (χ4v) is 0.456. The zero-order chi connectivity index (χ0) is 5.70. The summed E-state index contributed by atoms with van der Waals surface area (Å²) in [5.74, 6) is 0. The molecule has 0 saturated heterocycles. The zero-order valence-electron chi connectivity index (χ0n) is 5.20. The van der Waals surface area contributed by atoms with Crippen molar-refractivity contribution < 1.29 is 5.41 Å². The number of rotatable bonds is 3. The molecule has 0 radical (unpaired) electrons. The van der Waals surface area contributed by atoms with Crippen LogP contribution in [-0.4, -0.2) is 5.71 Å². The first-order valence-corrected chi connectivity index (χ1v) is 2.85. The van der Waals surface area contributed by atoms with Crippen molar-refractivity contribution in [3.63, 3.8) is 0 Å². The Morgan fingerprint density at radius 3 is 2.29 bits per heavy atom. The van der Waals surface area contributed by atoms with Gasteiger partial charge in [0.1, 0.15) is 5.71 Å². The molecule has 0 unspecified atom stereocenters. The molecule has 0 atom stereocenters. The van der Waals surface area contributed by atoms with E-state index in [-0.39, 0.29) is 0 Å². The predicted octanol–water partition coefficient (Wildman–Crippen LogP) is 0.397. The van der Waals surface area contributed by atoms with Crippen molar-refractivity contribution in [1.29, 1.82) is 0 Å². The maximum Gasteiger partial charge on any atom is 0.145 e. The van der Waals surface area contributed by atoms with Gasteiger partial charge in [-0.15, -0.1) is 0 Å². The van der Waals surface area contributed by atoms with Crippen molar-refractivity contribution in [2.75, 3.05) is 0 Å². The third kappa shape index (κ3) is 5.67. The highest BCUT2D eigenvalue weighted by molar-refractivity contribution is 5.75. The molecular formula is C6H14N+. The first-order chi connectivity index (χ1) is 3.27. The SMILES string of the molecule is CCCCC(C)=[NH2+]. The van der Waals surface area contributed by atoms with Gasteiger partial charge in [-0.25, -0.2) is 0 Å². The van der Waals surface area contributed by atoms with Gasteiger partial charge in [-0.2, -0.15) is 0 Å². The monoisotopic (exact) mass is 100 g/mol. The summed E-state index contributed by atoms with van der Waals surface area (Å²) in [4.78, 5) is 0.